The van der Waals surface area contributed by atoms with Crippen LogP contribution >= 0.6 is 0 Å². The Hall–Kier alpha value is -1.56. The predicted octanol–water partition coefficient (Wildman–Crippen LogP) is 2.42. The molecule has 0 bridgehead atoms. The highest BCUT2D eigenvalue weighted by Gasteiger charge is 2.19. The molecule has 1 aromatic rings. The van der Waals surface area contributed by atoms with Crippen molar-refractivity contribution in [3.63, 3.8) is 0 Å². The Kier molecular flexibility index (Phi) is 6.20. The molecule has 0 spiro atoms. The normalized spacial score (nSPS) is 13.3. The van der Waals surface area contributed by atoms with Crippen molar-refractivity contribution in [1.82, 2.24) is 19.8 Å². The second-order valence-corrected chi connectivity index (χ2v) is 6.28. The zero-order chi connectivity index (χ0) is 16.0. The molecule has 0 saturated carbocycles. The number of nitrogens with zero attached hydrogens (tertiary/aromatic N) is 3. The molecule has 0 radical (unpaired) electrons. The first kappa shape index (κ1) is 17.5. The zero-order valence-electron chi connectivity index (χ0n) is 14.0. The van der Waals surface area contributed by atoms with Crippen LogP contribution in [0.15, 0.2) is 12.5 Å². The van der Waals surface area contributed by atoms with Gasteiger partial charge in [0.05, 0.1) is 24.3 Å². The second-order valence-electron chi connectivity index (χ2n) is 6.28. The number of alkyl carbamates (subject to hydrolysis) is 1. The molecule has 1 rings (SSSR count). The highest BCUT2D eigenvalue weighted by atomic mass is 16.6. The van der Waals surface area contributed by atoms with E-state index < -0.39 is 11.7 Å². The van der Waals surface area contributed by atoms with Crippen molar-refractivity contribution < 1.29 is 9.53 Å². The maximum atomic E-state index is 11.8. The number of rotatable bonds is 6. The molecule has 1 unspecified atom stereocenters. The van der Waals surface area contributed by atoms with Crippen LogP contribution in [0.2, 0.25) is 0 Å². The first-order chi connectivity index (χ1) is 9.73. The van der Waals surface area contributed by atoms with Gasteiger partial charge in [-0.25, -0.2) is 9.78 Å². The van der Waals surface area contributed by atoms with Gasteiger partial charge in [-0.2, -0.15) is 0 Å². The molecule has 6 heteroatoms. The fourth-order valence-corrected chi connectivity index (χ4v) is 1.87. The molecular weight excluding hydrogens is 268 g/mol. The maximum absolute atomic E-state index is 11.8. The maximum Gasteiger partial charge on any atom is 0.408 e. The molecule has 1 atom stereocenters. The van der Waals surface area contributed by atoms with Gasteiger partial charge in [0.25, 0.3) is 0 Å². The Labute approximate surface area is 127 Å². The third-order valence-electron chi connectivity index (χ3n) is 3.18. The Balaban J connectivity index is 2.60. The molecule has 0 aliphatic heterocycles. The number of hydrogen-bond acceptors (Lipinski definition) is 4. The molecule has 0 saturated heterocycles. The van der Waals surface area contributed by atoms with E-state index in [0.29, 0.717) is 0 Å². The van der Waals surface area contributed by atoms with Crippen LogP contribution in [0.4, 0.5) is 4.79 Å². The topological polar surface area (TPSA) is 59.4 Å². The SMILES string of the molecule is CCN(C)CCn1cncc1C(C)NC(=O)OC(C)(C)C. The highest BCUT2D eigenvalue weighted by molar-refractivity contribution is 5.68. The monoisotopic (exact) mass is 296 g/mol. The lowest BCUT2D eigenvalue weighted by Crippen LogP contribution is -2.35. The average Bonchev–Trinajstić information content (AvgIpc) is 2.81. The van der Waals surface area contributed by atoms with E-state index in [9.17, 15) is 4.79 Å². The number of nitrogens with one attached hydrogen (secondary N) is 1. The van der Waals surface area contributed by atoms with Crippen LogP contribution < -0.4 is 5.32 Å². The van der Waals surface area contributed by atoms with Crippen LogP contribution in [0.3, 0.4) is 0 Å². The summed E-state index contributed by atoms with van der Waals surface area (Å²) >= 11 is 0. The Bertz CT molecular complexity index is 451. The van der Waals surface area contributed by atoms with Crippen molar-refractivity contribution in [2.45, 2.75) is 52.8 Å². The summed E-state index contributed by atoms with van der Waals surface area (Å²) in [7, 11) is 2.08. The number of hydrogen-bond donors (Lipinski definition) is 1. The second kappa shape index (κ2) is 7.45. The molecule has 0 aromatic carbocycles. The summed E-state index contributed by atoms with van der Waals surface area (Å²) in [6.07, 6.45) is 3.17. The van der Waals surface area contributed by atoms with Gasteiger partial charge in [-0.15, -0.1) is 0 Å². The minimum Gasteiger partial charge on any atom is -0.444 e. The van der Waals surface area contributed by atoms with Gasteiger partial charge in [-0.3, -0.25) is 0 Å². The number of imidazole rings is 1. The van der Waals surface area contributed by atoms with Crippen molar-refractivity contribution in [3.05, 3.63) is 18.2 Å². The Morgan fingerprint density at radius 2 is 2.19 bits per heavy atom. The van der Waals surface area contributed by atoms with E-state index in [1.165, 1.54) is 0 Å². The number of ether oxygens (including phenoxy) is 1. The van der Waals surface area contributed by atoms with E-state index in [1.54, 1.807) is 12.5 Å². The van der Waals surface area contributed by atoms with Gasteiger partial charge < -0.3 is 19.5 Å². The van der Waals surface area contributed by atoms with Crippen LogP contribution in [-0.2, 0) is 11.3 Å². The lowest BCUT2D eigenvalue weighted by molar-refractivity contribution is 0.0506. The summed E-state index contributed by atoms with van der Waals surface area (Å²) in [5, 5.41) is 2.85. The summed E-state index contributed by atoms with van der Waals surface area (Å²) < 4.78 is 7.34. The number of likely N-dealkylation sites (N-methyl/N-ethyl adjacent to an activating group) is 1. The predicted molar refractivity (Wildman–Crippen MR) is 83.2 cm³/mol. The third-order valence-corrected chi connectivity index (χ3v) is 3.18. The minimum atomic E-state index is -0.492. The standard InChI is InChI=1S/C15H28N4O2/c1-7-18(6)8-9-19-11-16-10-13(19)12(2)17-14(20)21-15(3,4)5/h10-12H,7-9H2,1-6H3,(H,17,20). The van der Waals surface area contributed by atoms with Crippen LogP contribution in [0.1, 0.15) is 46.4 Å². The summed E-state index contributed by atoms with van der Waals surface area (Å²) in [6, 6.07) is -0.144. The fraction of sp³-hybridized carbons (Fsp3) is 0.733. The lowest BCUT2D eigenvalue weighted by Gasteiger charge is -2.23. The van der Waals surface area contributed by atoms with Gasteiger partial charge in [0.1, 0.15) is 5.60 Å². The van der Waals surface area contributed by atoms with E-state index in [-0.39, 0.29) is 6.04 Å². The molecule has 1 amide bonds. The van der Waals surface area contributed by atoms with Crippen molar-refractivity contribution in [2.75, 3.05) is 20.1 Å². The Morgan fingerprint density at radius 1 is 1.52 bits per heavy atom. The summed E-state index contributed by atoms with van der Waals surface area (Å²) in [5.41, 5.74) is 0.485. The van der Waals surface area contributed by atoms with Crippen molar-refractivity contribution in [2.24, 2.45) is 0 Å². The van der Waals surface area contributed by atoms with Crippen molar-refractivity contribution >= 4 is 6.09 Å². The summed E-state index contributed by atoms with van der Waals surface area (Å²) in [4.78, 5) is 18.2. The summed E-state index contributed by atoms with van der Waals surface area (Å²) in [5.74, 6) is 0. The molecule has 120 valence electrons. The van der Waals surface area contributed by atoms with Gasteiger partial charge in [0.2, 0.25) is 0 Å². The van der Waals surface area contributed by atoms with E-state index >= 15 is 0 Å². The van der Waals surface area contributed by atoms with Gasteiger partial charge >= 0.3 is 6.09 Å². The molecule has 1 N–H and O–H groups in total. The fourth-order valence-electron chi connectivity index (χ4n) is 1.87. The van der Waals surface area contributed by atoms with Gasteiger partial charge in [0.15, 0.2) is 0 Å². The lowest BCUT2D eigenvalue weighted by atomic mass is 10.2. The number of aromatic nitrogens is 2. The molecule has 0 aliphatic rings. The minimum absolute atomic E-state index is 0.144. The number of carbonyl (C=O) groups is 1. The van der Waals surface area contributed by atoms with E-state index in [1.807, 2.05) is 27.7 Å². The molecular formula is C15H28N4O2. The van der Waals surface area contributed by atoms with Crippen LogP contribution in [0, 0.1) is 0 Å². The zero-order valence-corrected chi connectivity index (χ0v) is 14.0. The van der Waals surface area contributed by atoms with Crippen molar-refractivity contribution in [3.8, 4) is 0 Å². The number of carbonyl (C=O) groups excluding carboxylic acids is 1. The molecule has 0 fully saturated rings. The van der Waals surface area contributed by atoms with Gasteiger partial charge in [-0.05, 0) is 41.3 Å². The highest BCUT2D eigenvalue weighted by Crippen LogP contribution is 2.14. The third kappa shape index (κ3) is 6.16. The summed E-state index contributed by atoms with van der Waals surface area (Å²) in [6.45, 7) is 12.4. The molecule has 1 heterocycles. The number of amides is 1. The smallest absolute Gasteiger partial charge is 0.408 e. The van der Waals surface area contributed by atoms with E-state index in [4.69, 9.17) is 4.74 Å². The first-order valence-electron chi connectivity index (χ1n) is 7.41. The quantitative estimate of drug-likeness (QED) is 0.876. The first-order valence-corrected chi connectivity index (χ1v) is 7.41. The van der Waals surface area contributed by atoms with Crippen LogP contribution in [-0.4, -0.2) is 46.3 Å². The van der Waals surface area contributed by atoms with Crippen molar-refractivity contribution in [1.29, 1.82) is 0 Å². The molecule has 0 aliphatic carbocycles. The van der Waals surface area contributed by atoms with E-state index in [2.05, 4.69) is 33.7 Å². The van der Waals surface area contributed by atoms with Crippen LogP contribution in [0.25, 0.3) is 0 Å². The van der Waals surface area contributed by atoms with E-state index in [0.717, 1.165) is 25.3 Å². The molecule has 6 nitrogen and oxygen atoms in total. The molecule has 1 aromatic heterocycles. The van der Waals surface area contributed by atoms with Crippen LogP contribution in [0.5, 0.6) is 0 Å². The van der Waals surface area contributed by atoms with Gasteiger partial charge in [0, 0.05) is 13.1 Å². The largest absolute Gasteiger partial charge is 0.444 e. The molecule has 21 heavy (non-hydrogen) atoms. The van der Waals surface area contributed by atoms with Gasteiger partial charge in [-0.1, -0.05) is 6.92 Å². The average molecular weight is 296 g/mol. The Morgan fingerprint density at radius 3 is 2.76 bits per heavy atom.